The number of imidazole rings is 2. The van der Waals surface area contributed by atoms with Crippen LogP contribution in [-0.2, 0) is 27.2 Å². The minimum atomic E-state index is -0.418. The maximum absolute atomic E-state index is 12.5. The van der Waals surface area contributed by atoms with Crippen LogP contribution >= 0.6 is 0 Å². The molecule has 4 rings (SSSR count). The molecule has 0 atom stereocenters. The summed E-state index contributed by atoms with van der Waals surface area (Å²) in [5, 5.41) is 0. The Balaban J connectivity index is 1.64. The van der Waals surface area contributed by atoms with Gasteiger partial charge in [0.2, 0.25) is 0 Å². The van der Waals surface area contributed by atoms with Crippen molar-refractivity contribution >= 4 is 28.1 Å². The van der Waals surface area contributed by atoms with Gasteiger partial charge in [0, 0.05) is 27.2 Å². The van der Waals surface area contributed by atoms with Gasteiger partial charge in [-0.25, -0.2) is 24.7 Å². The standard InChI is InChI=1S/C15H17N9O2/c1-21-13-10(14(25)22(2)15(21)26)23(8-20-13)4-3-5-24-7-19-9-11(16)17-6-18-12(9)24/h6-8H,3-5H2,1-2H3,(H2,16,17,18)/i7D. The molecule has 0 radical (unpaired) electrons. The highest BCUT2D eigenvalue weighted by atomic mass is 16.2. The third-order valence-corrected chi connectivity index (χ3v) is 4.37. The summed E-state index contributed by atoms with van der Waals surface area (Å²) in [7, 11) is 3.02. The van der Waals surface area contributed by atoms with Crippen LogP contribution in [0.5, 0.6) is 0 Å². The van der Waals surface area contributed by atoms with Crippen LogP contribution in [0.1, 0.15) is 7.79 Å². The van der Waals surface area contributed by atoms with E-state index in [1.807, 2.05) is 0 Å². The van der Waals surface area contributed by atoms with Gasteiger partial charge < -0.3 is 14.9 Å². The molecular formula is C15H17N9O2. The molecule has 0 saturated carbocycles. The number of fused-ring (bicyclic) bond motifs is 2. The number of aromatic nitrogens is 8. The highest BCUT2D eigenvalue weighted by molar-refractivity contribution is 5.81. The first kappa shape index (κ1) is 14.8. The normalized spacial score (nSPS) is 12.2. The van der Waals surface area contributed by atoms with E-state index in [0.29, 0.717) is 41.8 Å². The molecule has 4 aromatic heterocycles. The molecule has 4 heterocycles. The Hall–Kier alpha value is -3.50. The fourth-order valence-corrected chi connectivity index (χ4v) is 2.97. The van der Waals surface area contributed by atoms with Crippen molar-refractivity contribution in [2.24, 2.45) is 14.1 Å². The monoisotopic (exact) mass is 356 g/mol. The van der Waals surface area contributed by atoms with Crippen LogP contribution in [0.4, 0.5) is 5.82 Å². The Morgan fingerprint density at radius 3 is 2.62 bits per heavy atom. The van der Waals surface area contributed by atoms with Gasteiger partial charge in [0.15, 0.2) is 22.6 Å². The predicted molar refractivity (Wildman–Crippen MR) is 94.6 cm³/mol. The quantitative estimate of drug-likeness (QED) is 0.508. The Labute approximate surface area is 147 Å². The number of aryl methyl sites for hydroxylation is 3. The van der Waals surface area contributed by atoms with Gasteiger partial charge in [-0.05, 0) is 6.42 Å². The average molecular weight is 356 g/mol. The van der Waals surface area contributed by atoms with E-state index in [1.165, 1.54) is 17.9 Å². The van der Waals surface area contributed by atoms with Crippen LogP contribution in [0.3, 0.4) is 0 Å². The summed E-state index contributed by atoms with van der Waals surface area (Å²) >= 11 is 0. The lowest BCUT2D eigenvalue weighted by Crippen LogP contribution is -2.37. The lowest BCUT2D eigenvalue weighted by molar-refractivity contribution is 0.575. The van der Waals surface area contributed by atoms with Gasteiger partial charge >= 0.3 is 5.69 Å². The molecular weight excluding hydrogens is 338 g/mol. The molecule has 2 N–H and O–H groups in total. The smallest absolute Gasteiger partial charge is 0.332 e. The molecule has 0 spiro atoms. The van der Waals surface area contributed by atoms with Crippen molar-refractivity contribution in [3.8, 4) is 0 Å². The number of nitrogen functional groups attached to an aromatic ring is 1. The van der Waals surface area contributed by atoms with Crippen LogP contribution in [0, 0.1) is 0 Å². The van der Waals surface area contributed by atoms with Crippen LogP contribution in [0.25, 0.3) is 22.3 Å². The third-order valence-electron chi connectivity index (χ3n) is 4.37. The maximum Gasteiger partial charge on any atom is 0.332 e. The minimum absolute atomic E-state index is 0.0472. The van der Waals surface area contributed by atoms with Crippen molar-refractivity contribution in [1.29, 1.82) is 0 Å². The first-order valence-corrected chi connectivity index (χ1v) is 7.94. The van der Waals surface area contributed by atoms with Crippen LogP contribution in [0.15, 0.2) is 28.5 Å². The minimum Gasteiger partial charge on any atom is -0.382 e. The van der Waals surface area contributed by atoms with Crippen molar-refractivity contribution in [3.05, 3.63) is 39.8 Å². The summed E-state index contributed by atoms with van der Waals surface area (Å²) in [5.74, 6) is 0.234. The maximum atomic E-state index is 12.5. The molecule has 0 aromatic carbocycles. The SMILES string of the molecule is [2H]c1nc2c(N)ncnc2n1CCCn1cnc2c1c(=O)n(C)c(=O)n2C. The third kappa shape index (κ3) is 2.28. The van der Waals surface area contributed by atoms with Crippen LogP contribution in [0.2, 0.25) is 0 Å². The Kier molecular flexibility index (Phi) is 3.30. The highest BCUT2D eigenvalue weighted by Crippen LogP contribution is 2.15. The first-order valence-electron chi connectivity index (χ1n) is 8.44. The summed E-state index contributed by atoms with van der Waals surface area (Å²) in [6, 6.07) is 0. The van der Waals surface area contributed by atoms with E-state index in [2.05, 4.69) is 19.9 Å². The lowest BCUT2D eigenvalue weighted by Gasteiger charge is -2.07. The number of nitrogens with two attached hydrogens (primary N) is 1. The predicted octanol–water partition coefficient (Wildman–Crippen LogP) is -0.754. The second-order valence-electron chi connectivity index (χ2n) is 5.96. The molecule has 0 amide bonds. The number of hydrogen-bond donors (Lipinski definition) is 1. The Bertz CT molecular complexity index is 1300. The Morgan fingerprint density at radius 1 is 1.04 bits per heavy atom. The molecule has 0 aliphatic rings. The lowest BCUT2D eigenvalue weighted by atomic mass is 10.4. The van der Waals surface area contributed by atoms with Gasteiger partial charge in [0.05, 0.1) is 12.6 Å². The molecule has 0 fully saturated rings. The molecule has 4 aromatic rings. The molecule has 11 nitrogen and oxygen atoms in total. The molecule has 134 valence electrons. The van der Waals surface area contributed by atoms with Crippen molar-refractivity contribution in [1.82, 2.24) is 38.2 Å². The highest BCUT2D eigenvalue weighted by Gasteiger charge is 2.14. The number of hydrogen-bond acceptors (Lipinski definition) is 7. The first-order chi connectivity index (χ1) is 12.9. The number of rotatable bonds is 4. The van der Waals surface area contributed by atoms with Crippen molar-refractivity contribution in [2.45, 2.75) is 19.5 Å². The number of nitrogens with zero attached hydrogens (tertiary/aromatic N) is 8. The molecule has 0 aliphatic heterocycles. The average Bonchev–Trinajstić information content (AvgIpc) is 3.21. The Morgan fingerprint density at radius 2 is 1.81 bits per heavy atom. The van der Waals surface area contributed by atoms with Crippen LogP contribution < -0.4 is 17.0 Å². The van der Waals surface area contributed by atoms with E-state index < -0.39 is 5.69 Å². The molecule has 0 aliphatic carbocycles. The molecule has 26 heavy (non-hydrogen) atoms. The van der Waals surface area contributed by atoms with E-state index in [-0.39, 0.29) is 17.7 Å². The topological polar surface area (TPSA) is 131 Å². The van der Waals surface area contributed by atoms with Gasteiger partial charge in [0.25, 0.3) is 5.56 Å². The van der Waals surface area contributed by atoms with Crippen LogP contribution in [-0.4, -0.2) is 38.2 Å². The van der Waals surface area contributed by atoms with Crippen molar-refractivity contribution < 1.29 is 1.37 Å². The molecule has 0 bridgehead atoms. The van der Waals surface area contributed by atoms with Crippen molar-refractivity contribution in [2.75, 3.05) is 5.73 Å². The van der Waals surface area contributed by atoms with E-state index in [9.17, 15) is 9.59 Å². The van der Waals surface area contributed by atoms with Gasteiger partial charge in [-0.3, -0.25) is 13.9 Å². The number of anilines is 1. The molecule has 0 saturated heterocycles. The van der Waals surface area contributed by atoms with Gasteiger partial charge in [0.1, 0.15) is 13.2 Å². The van der Waals surface area contributed by atoms with Gasteiger partial charge in [-0.1, -0.05) is 0 Å². The summed E-state index contributed by atoms with van der Waals surface area (Å²) in [6.07, 6.45) is 3.52. The molecule has 11 heteroatoms. The van der Waals surface area contributed by atoms with E-state index in [4.69, 9.17) is 7.10 Å². The summed E-state index contributed by atoms with van der Waals surface area (Å²) in [4.78, 5) is 40.8. The van der Waals surface area contributed by atoms with E-state index >= 15 is 0 Å². The van der Waals surface area contributed by atoms with Gasteiger partial charge in [-0.2, -0.15) is 0 Å². The zero-order valence-corrected chi connectivity index (χ0v) is 14.2. The summed E-state index contributed by atoms with van der Waals surface area (Å²) < 4.78 is 13.8. The second-order valence-corrected chi connectivity index (χ2v) is 5.96. The van der Waals surface area contributed by atoms with Crippen molar-refractivity contribution in [3.63, 3.8) is 0 Å². The van der Waals surface area contributed by atoms with Gasteiger partial charge in [-0.15, -0.1) is 0 Å². The van der Waals surface area contributed by atoms with E-state index in [0.717, 1.165) is 4.57 Å². The summed E-state index contributed by atoms with van der Waals surface area (Å²) in [5.41, 5.74) is 6.59. The fourth-order valence-electron chi connectivity index (χ4n) is 2.97. The second kappa shape index (κ2) is 5.79. The van der Waals surface area contributed by atoms with E-state index in [1.54, 1.807) is 22.5 Å². The summed E-state index contributed by atoms with van der Waals surface area (Å²) in [6.45, 7) is 0.932. The largest absolute Gasteiger partial charge is 0.382 e. The zero-order valence-electron chi connectivity index (χ0n) is 15.2. The fraction of sp³-hybridized carbons (Fsp3) is 0.333. The molecule has 0 unspecified atom stereocenters. The zero-order chi connectivity index (χ0) is 19.3.